The van der Waals surface area contributed by atoms with Gasteiger partial charge in [-0.3, -0.25) is 0 Å². The number of rotatable bonds is 1. The van der Waals surface area contributed by atoms with E-state index >= 15 is 0 Å². The summed E-state index contributed by atoms with van der Waals surface area (Å²) in [4.78, 5) is 0. The molecule has 0 spiro atoms. The predicted molar refractivity (Wildman–Crippen MR) is 62.1 cm³/mol. The number of hydrogen-bond acceptors (Lipinski definition) is 1. The van der Waals surface area contributed by atoms with E-state index in [1.54, 1.807) is 6.07 Å². The third kappa shape index (κ3) is 2.50. The zero-order chi connectivity index (χ0) is 9.10. The van der Waals surface area contributed by atoms with Crippen LogP contribution in [0.5, 0.6) is 5.75 Å². The summed E-state index contributed by atoms with van der Waals surface area (Å²) in [7, 11) is 0. The van der Waals surface area contributed by atoms with Crippen molar-refractivity contribution in [1.29, 1.82) is 0 Å². The van der Waals surface area contributed by atoms with Crippen molar-refractivity contribution < 1.29 is 5.11 Å². The first-order valence-corrected chi connectivity index (χ1v) is 4.21. The SMILES string of the molecule is Oc1ccccc1-c1ccccc1.[CaH2]. The second-order valence-electron chi connectivity index (χ2n) is 2.88. The average Bonchev–Trinajstić information content (AvgIpc) is 2.20. The quantitative estimate of drug-likeness (QED) is 0.718. The van der Waals surface area contributed by atoms with E-state index in [0.29, 0.717) is 5.75 Å². The van der Waals surface area contributed by atoms with E-state index in [0.717, 1.165) is 11.1 Å². The van der Waals surface area contributed by atoms with Crippen molar-refractivity contribution >= 4 is 37.7 Å². The predicted octanol–water partition coefficient (Wildman–Crippen LogP) is 2.14. The van der Waals surface area contributed by atoms with Crippen molar-refractivity contribution in [2.24, 2.45) is 0 Å². The van der Waals surface area contributed by atoms with E-state index in [9.17, 15) is 5.11 Å². The number of aromatic hydroxyl groups is 1. The monoisotopic (exact) mass is 212 g/mol. The van der Waals surface area contributed by atoms with Gasteiger partial charge >= 0.3 is 37.7 Å². The van der Waals surface area contributed by atoms with Gasteiger partial charge in [-0.15, -0.1) is 0 Å². The Kier molecular flexibility index (Phi) is 4.46. The molecule has 0 saturated heterocycles. The first-order chi connectivity index (χ1) is 6.38. The zero-order valence-electron chi connectivity index (χ0n) is 7.14. The van der Waals surface area contributed by atoms with Gasteiger partial charge < -0.3 is 5.11 Å². The summed E-state index contributed by atoms with van der Waals surface area (Å²) < 4.78 is 0. The molecule has 1 nitrogen and oxygen atoms in total. The van der Waals surface area contributed by atoms with Gasteiger partial charge in [-0.2, -0.15) is 0 Å². The molecule has 2 aromatic rings. The molecule has 0 amide bonds. The van der Waals surface area contributed by atoms with Crippen LogP contribution in [0.3, 0.4) is 0 Å². The molecule has 14 heavy (non-hydrogen) atoms. The van der Waals surface area contributed by atoms with E-state index < -0.39 is 0 Å². The maximum atomic E-state index is 9.56. The first-order valence-electron chi connectivity index (χ1n) is 4.21. The van der Waals surface area contributed by atoms with Crippen LogP contribution in [0.15, 0.2) is 54.6 Å². The molecule has 0 aliphatic carbocycles. The number of benzene rings is 2. The summed E-state index contributed by atoms with van der Waals surface area (Å²) in [6.45, 7) is 0. The van der Waals surface area contributed by atoms with Gasteiger partial charge in [-0.25, -0.2) is 0 Å². The Morgan fingerprint density at radius 3 is 1.93 bits per heavy atom. The Labute approximate surface area is 113 Å². The van der Waals surface area contributed by atoms with Gasteiger partial charge in [-0.05, 0) is 11.6 Å². The molecule has 2 heteroatoms. The molecule has 0 atom stereocenters. The normalized spacial score (nSPS) is 9.14. The molecule has 2 rings (SSSR count). The summed E-state index contributed by atoms with van der Waals surface area (Å²) >= 11 is 0. The van der Waals surface area contributed by atoms with Gasteiger partial charge in [-0.1, -0.05) is 48.5 Å². The molecule has 0 saturated carbocycles. The van der Waals surface area contributed by atoms with Crippen LogP contribution in [0.4, 0.5) is 0 Å². The van der Waals surface area contributed by atoms with Gasteiger partial charge in [0.25, 0.3) is 0 Å². The van der Waals surface area contributed by atoms with E-state index in [2.05, 4.69) is 0 Å². The molecule has 0 heterocycles. The van der Waals surface area contributed by atoms with Crippen molar-refractivity contribution in [3.63, 3.8) is 0 Å². The van der Waals surface area contributed by atoms with Crippen LogP contribution in [-0.4, -0.2) is 42.8 Å². The molecule has 0 fully saturated rings. The van der Waals surface area contributed by atoms with Gasteiger partial charge in [0.15, 0.2) is 0 Å². The number of phenolic OH excluding ortho intramolecular Hbond substituents is 1. The maximum absolute atomic E-state index is 9.56. The molecule has 0 aromatic heterocycles. The molecule has 2 aromatic carbocycles. The average molecular weight is 212 g/mol. The Hall–Kier alpha value is -0.500. The topological polar surface area (TPSA) is 20.2 Å². The van der Waals surface area contributed by atoms with Gasteiger partial charge in [0.2, 0.25) is 0 Å². The van der Waals surface area contributed by atoms with Crippen LogP contribution in [-0.2, 0) is 0 Å². The van der Waals surface area contributed by atoms with E-state index in [1.165, 1.54) is 0 Å². The van der Waals surface area contributed by atoms with E-state index in [4.69, 9.17) is 0 Å². The molecule has 0 unspecified atom stereocenters. The van der Waals surface area contributed by atoms with Crippen molar-refractivity contribution in [3.05, 3.63) is 54.6 Å². The van der Waals surface area contributed by atoms with Crippen molar-refractivity contribution in [2.75, 3.05) is 0 Å². The summed E-state index contributed by atoms with van der Waals surface area (Å²) in [5.41, 5.74) is 1.92. The van der Waals surface area contributed by atoms with Crippen molar-refractivity contribution in [1.82, 2.24) is 0 Å². The molecule has 0 aliphatic rings. The van der Waals surface area contributed by atoms with E-state index in [-0.39, 0.29) is 37.7 Å². The second kappa shape index (κ2) is 5.40. The number of phenols is 1. The zero-order valence-corrected chi connectivity index (χ0v) is 7.14. The molecule has 68 valence electrons. The van der Waals surface area contributed by atoms with E-state index in [1.807, 2.05) is 48.5 Å². The summed E-state index contributed by atoms with van der Waals surface area (Å²) in [5.74, 6) is 0.328. The van der Waals surface area contributed by atoms with Gasteiger partial charge in [0.05, 0.1) is 0 Å². The molecular weight excluding hydrogens is 200 g/mol. The molecule has 0 aliphatic heterocycles. The molecule has 0 radical (unpaired) electrons. The van der Waals surface area contributed by atoms with Crippen LogP contribution in [0, 0.1) is 0 Å². The fourth-order valence-corrected chi connectivity index (χ4v) is 1.34. The minimum atomic E-state index is 0. The van der Waals surface area contributed by atoms with Crippen LogP contribution in [0.25, 0.3) is 11.1 Å². The summed E-state index contributed by atoms with van der Waals surface area (Å²) in [6.07, 6.45) is 0. The standard InChI is InChI=1S/C12H10O.Ca.2H/c13-12-9-5-4-8-11(12)10-6-2-1-3-7-10;;;/h1-9,13H;;;. The van der Waals surface area contributed by atoms with Crippen molar-refractivity contribution in [3.8, 4) is 16.9 Å². The van der Waals surface area contributed by atoms with Crippen LogP contribution >= 0.6 is 0 Å². The summed E-state index contributed by atoms with van der Waals surface area (Å²) in [6, 6.07) is 17.2. The Morgan fingerprint density at radius 2 is 1.29 bits per heavy atom. The summed E-state index contributed by atoms with van der Waals surface area (Å²) in [5, 5.41) is 9.56. The number of para-hydroxylation sites is 1. The number of hydrogen-bond donors (Lipinski definition) is 1. The molecule has 0 bridgehead atoms. The Bertz CT molecular complexity index is 398. The Balaban J connectivity index is 0.000000980. The first kappa shape index (κ1) is 11.6. The van der Waals surface area contributed by atoms with Crippen molar-refractivity contribution in [2.45, 2.75) is 0 Å². The van der Waals surface area contributed by atoms with Crippen LogP contribution in [0.1, 0.15) is 0 Å². The van der Waals surface area contributed by atoms with Gasteiger partial charge in [0, 0.05) is 5.56 Å². The van der Waals surface area contributed by atoms with Crippen LogP contribution in [0.2, 0.25) is 0 Å². The fraction of sp³-hybridized carbons (Fsp3) is 0. The third-order valence-corrected chi connectivity index (χ3v) is 1.99. The third-order valence-electron chi connectivity index (χ3n) is 1.99. The Morgan fingerprint density at radius 1 is 0.714 bits per heavy atom. The molecular formula is C12H12CaO. The van der Waals surface area contributed by atoms with Gasteiger partial charge in [0.1, 0.15) is 5.75 Å². The fourth-order valence-electron chi connectivity index (χ4n) is 1.34. The van der Waals surface area contributed by atoms with Crippen LogP contribution < -0.4 is 0 Å². The minimum absolute atomic E-state index is 0. The molecule has 1 N–H and O–H groups in total. The second-order valence-corrected chi connectivity index (χ2v) is 2.88.